The Kier molecular flexibility index (Phi) is 7.41. The first kappa shape index (κ1) is 21.5. The average molecular weight is 407 g/mol. The third-order valence-corrected chi connectivity index (χ3v) is 5.19. The van der Waals surface area contributed by atoms with E-state index in [1.54, 1.807) is 6.07 Å². The van der Waals surface area contributed by atoms with Gasteiger partial charge in [0.25, 0.3) is 0 Å². The Morgan fingerprint density at radius 1 is 1.07 bits per heavy atom. The zero-order chi connectivity index (χ0) is 20.8. The van der Waals surface area contributed by atoms with E-state index in [4.69, 9.17) is 4.74 Å². The topological polar surface area (TPSA) is 82.0 Å². The number of rotatable bonds is 9. The predicted molar refractivity (Wildman–Crippen MR) is 105 cm³/mol. The number of hydrogen-bond donors (Lipinski definition) is 4. The Hall–Kier alpha value is -2.22. The number of halogens is 2. The number of fused-ring (bicyclic) bond motifs is 1. The number of aliphatic hydroxyl groups is 2. The second-order valence-electron chi connectivity index (χ2n) is 7.49. The van der Waals surface area contributed by atoms with E-state index in [9.17, 15) is 24.1 Å². The number of benzene rings is 2. The minimum absolute atomic E-state index is 0.0546. The Morgan fingerprint density at radius 3 is 2.66 bits per heavy atom. The molecule has 0 unspecified atom stereocenters. The van der Waals surface area contributed by atoms with Crippen LogP contribution in [-0.4, -0.2) is 46.7 Å². The van der Waals surface area contributed by atoms with E-state index in [1.807, 2.05) is 0 Å². The summed E-state index contributed by atoms with van der Waals surface area (Å²) in [6.07, 6.45) is 1.05. The fourth-order valence-corrected chi connectivity index (χ4v) is 3.56. The van der Waals surface area contributed by atoms with Crippen LogP contribution in [0.3, 0.4) is 0 Å². The second-order valence-corrected chi connectivity index (χ2v) is 7.49. The van der Waals surface area contributed by atoms with Gasteiger partial charge in [-0.25, -0.2) is 8.78 Å². The van der Waals surface area contributed by atoms with Gasteiger partial charge >= 0.3 is 0 Å². The second kappa shape index (κ2) is 10.0. The Bertz CT molecular complexity index is 817. The molecule has 0 spiro atoms. The minimum Gasteiger partial charge on any atom is -0.508 e. The molecule has 0 fully saturated rings. The van der Waals surface area contributed by atoms with Crippen LogP contribution >= 0.6 is 0 Å². The van der Waals surface area contributed by atoms with Crippen molar-refractivity contribution >= 4 is 0 Å². The van der Waals surface area contributed by atoms with E-state index >= 15 is 0 Å². The normalized spacial score (nSPS) is 18.0. The van der Waals surface area contributed by atoms with Crippen molar-refractivity contribution in [3.8, 4) is 11.5 Å². The van der Waals surface area contributed by atoms with Crippen LogP contribution in [0, 0.1) is 11.6 Å². The van der Waals surface area contributed by atoms with Crippen LogP contribution in [-0.2, 0) is 12.8 Å². The number of phenols is 1. The van der Waals surface area contributed by atoms with Gasteiger partial charge in [0.15, 0.2) is 0 Å². The standard InChI is InChI=1S/C22H27F2NO4/c23-16-5-7-19(27)14(10-16)2-1-3-18(26)12-25-13-20(28)22-8-4-15-11-17(24)6-9-21(15)29-22/h5-7,9-11,18,20,22,25-28H,1-4,8,12-13H2/t18-,20+,22-/m1/s1. The van der Waals surface area contributed by atoms with Crippen molar-refractivity contribution in [3.63, 3.8) is 0 Å². The van der Waals surface area contributed by atoms with Gasteiger partial charge in [0, 0.05) is 13.1 Å². The Labute approximate surface area is 169 Å². The van der Waals surface area contributed by atoms with E-state index in [0.717, 1.165) is 5.56 Å². The Balaban J connectivity index is 1.35. The summed E-state index contributed by atoms with van der Waals surface area (Å²) in [7, 11) is 0. The number of aliphatic hydroxyl groups excluding tert-OH is 2. The lowest BCUT2D eigenvalue weighted by molar-refractivity contribution is 0.0224. The first-order chi connectivity index (χ1) is 13.9. The molecule has 3 rings (SSSR count). The molecule has 0 aromatic heterocycles. The molecular weight excluding hydrogens is 380 g/mol. The van der Waals surface area contributed by atoms with Crippen LogP contribution in [0.25, 0.3) is 0 Å². The van der Waals surface area contributed by atoms with E-state index in [1.165, 1.54) is 30.3 Å². The lowest BCUT2D eigenvalue weighted by Crippen LogP contribution is -2.43. The van der Waals surface area contributed by atoms with Crippen LogP contribution < -0.4 is 10.1 Å². The maximum Gasteiger partial charge on any atom is 0.126 e. The van der Waals surface area contributed by atoms with Crippen LogP contribution in [0.15, 0.2) is 36.4 Å². The molecule has 0 radical (unpaired) electrons. The van der Waals surface area contributed by atoms with E-state index in [2.05, 4.69) is 5.32 Å². The predicted octanol–water partition coefficient (Wildman–Crippen LogP) is 2.70. The average Bonchev–Trinajstić information content (AvgIpc) is 2.70. The number of hydrogen-bond acceptors (Lipinski definition) is 5. The maximum absolute atomic E-state index is 13.2. The number of aryl methyl sites for hydroxylation is 2. The molecule has 0 bridgehead atoms. The molecule has 158 valence electrons. The van der Waals surface area contributed by atoms with Crippen LogP contribution in [0.5, 0.6) is 11.5 Å². The summed E-state index contributed by atoms with van der Waals surface area (Å²) in [5, 5.41) is 33.2. The molecule has 2 aromatic carbocycles. The summed E-state index contributed by atoms with van der Waals surface area (Å²) in [4.78, 5) is 0. The molecule has 1 heterocycles. The van der Waals surface area contributed by atoms with Crippen molar-refractivity contribution in [1.29, 1.82) is 0 Å². The first-order valence-electron chi connectivity index (χ1n) is 9.91. The molecule has 7 heteroatoms. The molecule has 29 heavy (non-hydrogen) atoms. The van der Waals surface area contributed by atoms with E-state index in [-0.39, 0.29) is 24.2 Å². The smallest absolute Gasteiger partial charge is 0.126 e. The van der Waals surface area contributed by atoms with Crippen molar-refractivity contribution in [1.82, 2.24) is 5.32 Å². The quantitative estimate of drug-likeness (QED) is 0.514. The fraction of sp³-hybridized carbons (Fsp3) is 0.455. The Morgan fingerprint density at radius 2 is 1.83 bits per heavy atom. The fourth-order valence-electron chi connectivity index (χ4n) is 3.56. The summed E-state index contributed by atoms with van der Waals surface area (Å²) in [5.74, 6) is -0.0393. The summed E-state index contributed by atoms with van der Waals surface area (Å²) in [5.41, 5.74) is 1.33. The number of nitrogens with one attached hydrogen (secondary N) is 1. The number of aromatic hydroxyl groups is 1. The van der Waals surface area contributed by atoms with Crippen LogP contribution in [0.2, 0.25) is 0 Å². The highest BCUT2D eigenvalue weighted by atomic mass is 19.1. The highest BCUT2D eigenvalue weighted by Crippen LogP contribution is 2.29. The molecule has 0 aliphatic carbocycles. The monoisotopic (exact) mass is 407 g/mol. The van der Waals surface area contributed by atoms with E-state index in [0.29, 0.717) is 50.0 Å². The van der Waals surface area contributed by atoms with Gasteiger partial charge in [-0.15, -0.1) is 0 Å². The summed E-state index contributed by atoms with van der Waals surface area (Å²) >= 11 is 0. The van der Waals surface area contributed by atoms with Crippen molar-refractivity contribution < 1.29 is 28.8 Å². The lowest BCUT2D eigenvalue weighted by atomic mass is 9.99. The van der Waals surface area contributed by atoms with Crippen molar-refractivity contribution in [3.05, 3.63) is 59.2 Å². The van der Waals surface area contributed by atoms with Gasteiger partial charge in [0.1, 0.15) is 35.3 Å². The highest BCUT2D eigenvalue weighted by molar-refractivity contribution is 5.36. The molecule has 0 saturated heterocycles. The van der Waals surface area contributed by atoms with Crippen LogP contribution in [0.1, 0.15) is 30.4 Å². The van der Waals surface area contributed by atoms with Crippen LogP contribution in [0.4, 0.5) is 8.78 Å². The van der Waals surface area contributed by atoms with Crippen molar-refractivity contribution in [2.45, 2.75) is 50.4 Å². The van der Waals surface area contributed by atoms with Gasteiger partial charge in [0.05, 0.1) is 6.10 Å². The largest absolute Gasteiger partial charge is 0.508 e. The molecule has 5 nitrogen and oxygen atoms in total. The summed E-state index contributed by atoms with van der Waals surface area (Å²) < 4.78 is 32.2. The molecule has 2 aromatic rings. The SMILES string of the molecule is Oc1ccc(F)cc1CCC[C@@H](O)CNC[C@H](O)[C@H]1CCc2cc(F)ccc2O1. The van der Waals surface area contributed by atoms with Crippen molar-refractivity contribution in [2.75, 3.05) is 13.1 Å². The van der Waals surface area contributed by atoms with Gasteiger partial charge in [-0.1, -0.05) is 0 Å². The van der Waals surface area contributed by atoms with E-state index < -0.39 is 18.0 Å². The molecule has 3 atom stereocenters. The minimum atomic E-state index is -0.746. The summed E-state index contributed by atoms with van der Waals surface area (Å²) in [6.45, 7) is 0.573. The zero-order valence-corrected chi connectivity index (χ0v) is 16.2. The molecule has 0 amide bonds. The van der Waals surface area contributed by atoms with Gasteiger partial charge in [-0.05, 0) is 79.6 Å². The number of ether oxygens (including phenoxy) is 1. The third kappa shape index (κ3) is 6.13. The number of phenolic OH excluding ortho intramolecular Hbond substituents is 1. The van der Waals surface area contributed by atoms with Gasteiger partial charge in [0.2, 0.25) is 0 Å². The maximum atomic E-state index is 13.2. The lowest BCUT2D eigenvalue weighted by Gasteiger charge is -2.30. The molecule has 0 saturated carbocycles. The molecular formula is C22H27F2NO4. The van der Waals surface area contributed by atoms with Gasteiger partial charge in [-0.3, -0.25) is 0 Å². The highest BCUT2D eigenvalue weighted by Gasteiger charge is 2.26. The molecule has 1 aliphatic heterocycles. The third-order valence-electron chi connectivity index (χ3n) is 5.19. The first-order valence-corrected chi connectivity index (χ1v) is 9.91. The van der Waals surface area contributed by atoms with Gasteiger partial charge in [-0.2, -0.15) is 0 Å². The van der Waals surface area contributed by atoms with Gasteiger partial charge < -0.3 is 25.4 Å². The molecule has 4 N–H and O–H groups in total. The molecule has 1 aliphatic rings. The summed E-state index contributed by atoms with van der Waals surface area (Å²) in [6, 6.07) is 8.20. The van der Waals surface area contributed by atoms with Crippen molar-refractivity contribution in [2.24, 2.45) is 0 Å². The zero-order valence-electron chi connectivity index (χ0n) is 16.2.